The van der Waals surface area contributed by atoms with Gasteiger partial charge in [-0.3, -0.25) is 4.90 Å². The van der Waals surface area contributed by atoms with E-state index in [0.717, 1.165) is 44.1 Å². The Bertz CT molecular complexity index is 232. The Balaban J connectivity index is 1.54. The Labute approximate surface area is 85.9 Å². The lowest BCUT2D eigenvalue weighted by Crippen LogP contribution is -2.40. The third-order valence-corrected chi connectivity index (χ3v) is 4.01. The molecule has 1 heterocycles. The molecule has 2 fully saturated rings. The minimum Gasteiger partial charge on any atom is -0.379 e. The third-order valence-electron chi connectivity index (χ3n) is 4.01. The number of nitrogens with zero attached hydrogens (tertiary/aromatic N) is 1. The van der Waals surface area contributed by atoms with E-state index < -0.39 is 0 Å². The van der Waals surface area contributed by atoms with Gasteiger partial charge in [0.2, 0.25) is 0 Å². The molecular weight excluding hydrogens is 174 g/mol. The molecule has 0 unspecified atom stereocenters. The van der Waals surface area contributed by atoms with Gasteiger partial charge in [0.05, 0.1) is 13.2 Å². The first-order chi connectivity index (χ1) is 6.92. The van der Waals surface area contributed by atoms with E-state index in [1.165, 1.54) is 19.4 Å². The van der Waals surface area contributed by atoms with Gasteiger partial charge in [0.1, 0.15) is 0 Å². The molecule has 1 saturated heterocycles. The van der Waals surface area contributed by atoms with E-state index in [1.807, 2.05) is 0 Å². The first kappa shape index (κ1) is 8.93. The summed E-state index contributed by atoms with van der Waals surface area (Å²) >= 11 is 0. The molecule has 2 aliphatic carbocycles. The maximum absolute atomic E-state index is 5.37. The van der Waals surface area contributed by atoms with E-state index in [2.05, 4.69) is 17.1 Å². The van der Waals surface area contributed by atoms with E-state index in [9.17, 15) is 0 Å². The maximum atomic E-state index is 5.37. The summed E-state index contributed by atoms with van der Waals surface area (Å²) in [6.45, 7) is 5.50. The van der Waals surface area contributed by atoms with Crippen molar-refractivity contribution in [2.24, 2.45) is 17.8 Å². The van der Waals surface area contributed by atoms with E-state index in [0.29, 0.717) is 0 Å². The Morgan fingerprint density at radius 1 is 1.14 bits per heavy atom. The summed E-state index contributed by atoms with van der Waals surface area (Å²) in [5, 5.41) is 0. The van der Waals surface area contributed by atoms with E-state index >= 15 is 0 Å². The molecule has 3 rings (SSSR count). The highest BCUT2D eigenvalue weighted by molar-refractivity contribution is 5.10. The van der Waals surface area contributed by atoms with Crippen LogP contribution in [0.4, 0.5) is 0 Å². The van der Waals surface area contributed by atoms with Gasteiger partial charge in [-0.25, -0.2) is 0 Å². The van der Waals surface area contributed by atoms with Crippen LogP contribution in [-0.4, -0.2) is 37.7 Å². The average Bonchev–Trinajstić information content (AvgIpc) is 2.81. The van der Waals surface area contributed by atoms with Crippen LogP contribution in [0, 0.1) is 17.8 Å². The second-order valence-electron chi connectivity index (χ2n) is 4.95. The predicted octanol–water partition coefficient (Wildman–Crippen LogP) is 1.53. The fourth-order valence-corrected chi connectivity index (χ4v) is 3.22. The number of ether oxygens (including phenoxy) is 1. The number of hydrogen-bond donors (Lipinski definition) is 0. The predicted molar refractivity (Wildman–Crippen MR) is 56.1 cm³/mol. The van der Waals surface area contributed by atoms with Crippen molar-refractivity contribution in [3.8, 4) is 0 Å². The molecule has 0 amide bonds. The minimum atomic E-state index is 0.905. The molecule has 3 atom stereocenters. The number of fused-ring (bicyclic) bond motifs is 2. The van der Waals surface area contributed by atoms with Crippen molar-refractivity contribution in [1.29, 1.82) is 0 Å². The van der Waals surface area contributed by atoms with Gasteiger partial charge in [0, 0.05) is 19.6 Å². The topological polar surface area (TPSA) is 12.5 Å². The molecule has 0 N–H and O–H groups in total. The first-order valence-corrected chi connectivity index (χ1v) is 5.90. The van der Waals surface area contributed by atoms with Gasteiger partial charge in [0.15, 0.2) is 0 Å². The Morgan fingerprint density at radius 3 is 2.64 bits per heavy atom. The van der Waals surface area contributed by atoms with Crippen molar-refractivity contribution >= 4 is 0 Å². The van der Waals surface area contributed by atoms with E-state index in [-0.39, 0.29) is 0 Å². The zero-order valence-corrected chi connectivity index (χ0v) is 8.69. The molecule has 0 aromatic rings. The van der Waals surface area contributed by atoms with Crippen LogP contribution in [0.1, 0.15) is 12.8 Å². The molecule has 78 valence electrons. The molecule has 1 saturated carbocycles. The molecule has 2 nitrogen and oxygen atoms in total. The highest BCUT2D eigenvalue weighted by atomic mass is 16.5. The first-order valence-electron chi connectivity index (χ1n) is 5.90. The van der Waals surface area contributed by atoms with Crippen LogP contribution in [0.3, 0.4) is 0 Å². The summed E-state index contributed by atoms with van der Waals surface area (Å²) in [5.74, 6) is 2.77. The fourth-order valence-electron chi connectivity index (χ4n) is 3.22. The summed E-state index contributed by atoms with van der Waals surface area (Å²) in [4.78, 5) is 2.59. The third kappa shape index (κ3) is 1.61. The van der Waals surface area contributed by atoms with Crippen molar-refractivity contribution in [3.63, 3.8) is 0 Å². The van der Waals surface area contributed by atoms with Crippen LogP contribution in [0.2, 0.25) is 0 Å². The number of rotatable bonds is 2. The summed E-state index contributed by atoms with van der Waals surface area (Å²) in [7, 11) is 0. The standard InChI is InChI=1S/C12H19NO/c1-2-11-7-10(1)8-12(11)9-13-3-5-14-6-4-13/h1-2,10-12H,3-9H2/t10-,11-,12-/m0/s1. The lowest BCUT2D eigenvalue weighted by molar-refractivity contribution is 0.0288. The van der Waals surface area contributed by atoms with Crippen molar-refractivity contribution in [2.45, 2.75) is 12.8 Å². The minimum absolute atomic E-state index is 0.905. The monoisotopic (exact) mass is 193 g/mol. The van der Waals surface area contributed by atoms with Crippen LogP contribution in [0.15, 0.2) is 12.2 Å². The van der Waals surface area contributed by atoms with Gasteiger partial charge in [0.25, 0.3) is 0 Å². The molecule has 3 aliphatic rings. The summed E-state index contributed by atoms with van der Waals surface area (Å²) in [6, 6.07) is 0. The van der Waals surface area contributed by atoms with Crippen LogP contribution in [0.25, 0.3) is 0 Å². The largest absolute Gasteiger partial charge is 0.379 e. The van der Waals surface area contributed by atoms with E-state index in [1.54, 1.807) is 0 Å². The molecule has 0 spiro atoms. The van der Waals surface area contributed by atoms with Gasteiger partial charge in [-0.2, -0.15) is 0 Å². The number of allylic oxidation sites excluding steroid dienone is 2. The molecule has 14 heavy (non-hydrogen) atoms. The summed E-state index contributed by atoms with van der Waals surface area (Å²) < 4.78 is 5.37. The molecular formula is C12H19NO. The zero-order chi connectivity index (χ0) is 9.38. The van der Waals surface area contributed by atoms with Gasteiger partial charge in [-0.1, -0.05) is 12.2 Å². The molecule has 0 aromatic heterocycles. The normalized spacial score (nSPS) is 42.1. The Hall–Kier alpha value is -0.340. The van der Waals surface area contributed by atoms with Gasteiger partial charge >= 0.3 is 0 Å². The van der Waals surface area contributed by atoms with Crippen LogP contribution < -0.4 is 0 Å². The zero-order valence-electron chi connectivity index (χ0n) is 8.69. The Morgan fingerprint density at radius 2 is 2.00 bits per heavy atom. The average molecular weight is 193 g/mol. The van der Waals surface area contributed by atoms with Gasteiger partial charge in [-0.05, 0) is 30.6 Å². The lowest BCUT2D eigenvalue weighted by atomic mass is 9.93. The molecule has 2 bridgehead atoms. The fraction of sp³-hybridized carbons (Fsp3) is 0.833. The van der Waals surface area contributed by atoms with E-state index in [4.69, 9.17) is 4.74 Å². The second-order valence-corrected chi connectivity index (χ2v) is 4.95. The molecule has 0 aromatic carbocycles. The molecule has 2 heteroatoms. The molecule has 1 aliphatic heterocycles. The van der Waals surface area contributed by atoms with Gasteiger partial charge in [-0.15, -0.1) is 0 Å². The van der Waals surface area contributed by atoms with Crippen molar-refractivity contribution in [2.75, 3.05) is 32.8 Å². The van der Waals surface area contributed by atoms with Crippen molar-refractivity contribution in [3.05, 3.63) is 12.2 Å². The van der Waals surface area contributed by atoms with Crippen LogP contribution in [0.5, 0.6) is 0 Å². The van der Waals surface area contributed by atoms with Crippen LogP contribution in [-0.2, 0) is 4.74 Å². The maximum Gasteiger partial charge on any atom is 0.0594 e. The van der Waals surface area contributed by atoms with Crippen molar-refractivity contribution < 1.29 is 4.74 Å². The SMILES string of the molecule is C1=C[C@H]2C[C@H]1C[C@H]2CN1CCOCC1. The molecule has 0 radical (unpaired) electrons. The quantitative estimate of drug-likeness (QED) is 0.617. The summed E-state index contributed by atoms with van der Waals surface area (Å²) in [5.41, 5.74) is 0. The highest BCUT2D eigenvalue weighted by Crippen LogP contribution is 2.43. The second kappa shape index (κ2) is 3.67. The van der Waals surface area contributed by atoms with Gasteiger partial charge < -0.3 is 4.74 Å². The summed E-state index contributed by atoms with van der Waals surface area (Å²) in [6.07, 6.45) is 7.77. The smallest absolute Gasteiger partial charge is 0.0594 e. The number of morpholine rings is 1. The van der Waals surface area contributed by atoms with Crippen LogP contribution >= 0.6 is 0 Å². The lowest BCUT2D eigenvalue weighted by Gasteiger charge is -2.31. The highest BCUT2D eigenvalue weighted by Gasteiger charge is 2.36. The number of hydrogen-bond acceptors (Lipinski definition) is 2. The Kier molecular flexibility index (Phi) is 2.34. The van der Waals surface area contributed by atoms with Crippen molar-refractivity contribution in [1.82, 2.24) is 4.90 Å².